The van der Waals surface area contributed by atoms with E-state index in [1.54, 1.807) is 74.9 Å². The summed E-state index contributed by atoms with van der Waals surface area (Å²) in [6, 6.07) is 20.7. The number of rotatable bonds is 7. The number of benzene rings is 3. The van der Waals surface area contributed by atoms with Crippen LogP contribution in [0.15, 0.2) is 60.7 Å². The zero-order valence-electron chi connectivity index (χ0n) is 18.2. The summed E-state index contributed by atoms with van der Waals surface area (Å²) >= 11 is 1.29. The van der Waals surface area contributed by atoms with Gasteiger partial charge >= 0.3 is 0 Å². The summed E-state index contributed by atoms with van der Waals surface area (Å²) in [7, 11) is 3.09. The van der Waals surface area contributed by atoms with E-state index in [0.29, 0.717) is 44.6 Å². The molecule has 0 bridgehead atoms. The van der Waals surface area contributed by atoms with Crippen LogP contribution in [-0.2, 0) is 4.79 Å². The topological polar surface area (TPSA) is 117 Å². The van der Waals surface area contributed by atoms with Gasteiger partial charge in [-0.1, -0.05) is 23.5 Å². The fourth-order valence-corrected chi connectivity index (χ4v) is 4.11. The molecule has 1 heterocycles. The van der Waals surface area contributed by atoms with Crippen LogP contribution in [0.25, 0.3) is 10.2 Å². The van der Waals surface area contributed by atoms with Crippen LogP contribution in [0.5, 0.6) is 17.2 Å². The minimum absolute atomic E-state index is 0.386. The fourth-order valence-electron chi connectivity index (χ4n) is 3.23. The molecule has 3 aromatic carbocycles. The molecule has 1 amide bonds. The van der Waals surface area contributed by atoms with E-state index in [1.807, 2.05) is 6.07 Å². The van der Waals surface area contributed by atoms with E-state index in [-0.39, 0.29) is 0 Å². The lowest BCUT2D eigenvalue weighted by molar-refractivity contribution is -0.123. The third-order valence-electron chi connectivity index (χ3n) is 4.94. The molecule has 0 saturated carbocycles. The summed E-state index contributed by atoms with van der Waals surface area (Å²) in [6.07, 6.45) is -1.02. The van der Waals surface area contributed by atoms with Crippen LogP contribution in [0, 0.1) is 22.7 Å². The van der Waals surface area contributed by atoms with Crippen LogP contribution in [0.3, 0.4) is 0 Å². The summed E-state index contributed by atoms with van der Waals surface area (Å²) in [5.41, 5.74) is 2.16. The van der Waals surface area contributed by atoms with Crippen molar-refractivity contribution in [1.82, 2.24) is 4.98 Å². The van der Waals surface area contributed by atoms with Gasteiger partial charge in [0.25, 0.3) is 5.91 Å². The molecule has 1 unspecified atom stereocenters. The van der Waals surface area contributed by atoms with Gasteiger partial charge in [-0.05, 0) is 36.4 Å². The molecule has 4 rings (SSSR count). The first-order valence-corrected chi connectivity index (χ1v) is 10.9. The van der Waals surface area contributed by atoms with Crippen molar-refractivity contribution >= 4 is 32.6 Å². The standard InChI is InChI=1S/C25H18N4O4S/c1-31-20-11-19-22(12-21(20)32-2)34-25(28-19)29-24(30)23(17-7-3-15(13-26)4-8-17)33-18-9-5-16(14-27)6-10-18/h3-12,23H,1-2H3,(H,28,29,30). The van der Waals surface area contributed by atoms with Crippen molar-refractivity contribution in [3.05, 3.63) is 77.4 Å². The van der Waals surface area contributed by atoms with Crippen molar-refractivity contribution < 1.29 is 19.0 Å². The zero-order valence-corrected chi connectivity index (χ0v) is 19.1. The molecule has 0 spiro atoms. The molecule has 9 heteroatoms. The fraction of sp³-hybridized carbons (Fsp3) is 0.120. The highest BCUT2D eigenvalue weighted by Gasteiger charge is 2.24. The quantitative estimate of drug-likeness (QED) is 0.412. The number of nitrogens with one attached hydrogen (secondary N) is 1. The van der Waals surface area contributed by atoms with Crippen molar-refractivity contribution in [1.29, 1.82) is 10.5 Å². The number of ether oxygens (including phenoxy) is 3. The first-order valence-electron chi connectivity index (χ1n) is 10.0. The average molecular weight is 471 g/mol. The maximum Gasteiger partial charge on any atom is 0.271 e. The molecule has 0 aliphatic carbocycles. The number of amides is 1. The minimum Gasteiger partial charge on any atom is -0.493 e. The second-order valence-corrected chi connectivity index (χ2v) is 8.08. The molecule has 0 saturated heterocycles. The summed E-state index contributed by atoms with van der Waals surface area (Å²) in [5.74, 6) is 1.09. The molecule has 0 aliphatic rings. The van der Waals surface area contributed by atoms with Gasteiger partial charge in [0.05, 0.1) is 47.7 Å². The SMILES string of the molecule is COc1cc2nc(NC(=O)C(Oc3ccc(C#N)cc3)c3ccc(C#N)cc3)sc2cc1OC. The Labute approximate surface area is 199 Å². The smallest absolute Gasteiger partial charge is 0.271 e. The van der Waals surface area contributed by atoms with E-state index in [4.69, 9.17) is 24.7 Å². The van der Waals surface area contributed by atoms with Crippen molar-refractivity contribution in [3.8, 4) is 29.4 Å². The first kappa shape index (κ1) is 22.6. The van der Waals surface area contributed by atoms with Crippen LogP contribution in [0.1, 0.15) is 22.8 Å². The highest BCUT2D eigenvalue weighted by Crippen LogP contribution is 2.36. The van der Waals surface area contributed by atoms with E-state index in [9.17, 15) is 4.79 Å². The Kier molecular flexibility index (Phi) is 6.58. The monoisotopic (exact) mass is 470 g/mol. The number of nitriles is 2. The summed E-state index contributed by atoms with van der Waals surface area (Å²) in [6.45, 7) is 0. The number of anilines is 1. The number of hydrogen-bond donors (Lipinski definition) is 1. The van der Waals surface area contributed by atoms with Gasteiger partial charge in [-0.2, -0.15) is 10.5 Å². The average Bonchev–Trinajstić information content (AvgIpc) is 3.27. The van der Waals surface area contributed by atoms with E-state index in [2.05, 4.69) is 16.4 Å². The number of thiazole rings is 1. The molecule has 1 N–H and O–H groups in total. The number of nitrogens with zero attached hydrogens (tertiary/aromatic N) is 3. The number of hydrogen-bond acceptors (Lipinski definition) is 8. The molecule has 4 aromatic rings. The highest BCUT2D eigenvalue weighted by atomic mass is 32.1. The van der Waals surface area contributed by atoms with Crippen LogP contribution < -0.4 is 19.5 Å². The lowest BCUT2D eigenvalue weighted by atomic mass is 10.1. The van der Waals surface area contributed by atoms with Crippen LogP contribution in [0.4, 0.5) is 5.13 Å². The summed E-state index contributed by atoms with van der Waals surface area (Å²) in [5, 5.41) is 21.3. The van der Waals surface area contributed by atoms with Crippen molar-refractivity contribution in [2.75, 3.05) is 19.5 Å². The van der Waals surface area contributed by atoms with E-state index in [0.717, 1.165) is 4.70 Å². The van der Waals surface area contributed by atoms with Gasteiger partial charge in [-0.15, -0.1) is 0 Å². The first-order chi connectivity index (χ1) is 16.5. The van der Waals surface area contributed by atoms with E-state index < -0.39 is 12.0 Å². The van der Waals surface area contributed by atoms with Gasteiger partial charge in [0.2, 0.25) is 6.10 Å². The van der Waals surface area contributed by atoms with E-state index >= 15 is 0 Å². The lowest BCUT2D eigenvalue weighted by Crippen LogP contribution is -2.25. The van der Waals surface area contributed by atoms with Gasteiger partial charge in [-0.3, -0.25) is 10.1 Å². The number of fused-ring (bicyclic) bond motifs is 1. The highest BCUT2D eigenvalue weighted by molar-refractivity contribution is 7.22. The van der Waals surface area contributed by atoms with Crippen molar-refractivity contribution in [3.63, 3.8) is 0 Å². The molecule has 34 heavy (non-hydrogen) atoms. The Morgan fingerprint density at radius 3 is 2.12 bits per heavy atom. The van der Waals surface area contributed by atoms with Crippen molar-refractivity contribution in [2.45, 2.75) is 6.10 Å². The predicted molar refractivity (Wildman–Crippen MR) is 127 cm³/mol. The molecule has 1 atom stereocenters. The van der Waals surface area contributed by atoms with Gasteiger partial charge in [-0.25, -0.2) is 4.98 Å². The maximum absolute atomic E-state index is 13.3. The Hall–Kier alpha value is -4.60. The third kappa shape index (κ3) is 4.75. The molecular formula is C25H18N4O4S. The molecule has 0 fully saturated rings. The van der Waals surface area contributed by atoms with Gasteiger partial charge in [0.15, 0.2) is 16.6 Å². The molecule has 168 valence electrons. The Bertz CT molecular complexity index is 1380. The molecule has 0 radical (unpaired) electrons. The normalized spacial score (nSPS) is 11.2. The largest absolute Gasteiger partial charge is 0.493 e. The van der Waals surface area contributed by atoms with Crippen LogP contribution in [0.2, 0.25) is 0 Å². The zero-order chi connectivity index (χ0) is 24.1. The number of aromatic nitrogens is 1. The Balaban J connectivity index is 1.64. The Morgan fingerprint density at radius 1 is 0.941 bits per heavy atom. The van der Waals surface area contributed by atoms with Gasteiger partial charge < -0.3 is 14.2 Å². The second-order valence-electron chi connectivity index (χ2n) is 7.05. The number of carbonyl (C=O) groups is 1. The molecule has 1 aromatic heterocycles. The van der Waals surface area contributed by atoms with Crippen LogP contribution in [-0.4, -0.2) is 25.1 Å². The second kappa shape index (κ2) is 9.90. The molecule has 8 nitrogen and oxygen atoms in total. The minimum atomic E-state index is -1.02. The predicted octanol–water partition coefficient (Wildman–Crippen LogP) is 4.82. The van der Waals surface area contributed by atoms with Crippen molar-refractivity contribution in [2.24, 2.45) is 0 Å². The third-order valence-corrected chi connectivity index (χ3v) is 5.88. The Morgan fingerprint density at radius 2 is 1.53 bits per heavy atom. The molecular weight excluding hydrogens is 452 g/mol. The maximum atomic E-state index is 13.3. The molecule has 0 aliphatic heterocycles. The lowest BCUT2D eigenvalue weighted by Gasteiger charge is -2.18. The van der Waals surface area contributed by atoms with E-state index in [1.165, 1.54) is 11.3 Å². The number of carbonyl (C=O) groups excluding carboxylic acids is 1. The van der Waals surface area contributed by atoms with Crippen LogP contribution >= 0.6 is 11.3 Å². The number of methoxy groups -OCH3 is 2. The summed E-state index contributed by atoms with van der Waals surface area (Å²) < 4.78 is 17.5. The van der Waals surface area contributed by atoms with Gasteiger partial charge in [0, 0.05) is 17.7 Å². The summed E-state index contributed by atoms with van der Waals surface area (Å²) in [4.78, 5) is 17.8. The van der Waals surface area contributed by atoms with Gasteiger partial charge in [0.1, 0.15) is 5.75 Å².